The van der Waals surface area contributed by atoms with Crippen LogP contribution in [-0.2, 0) is 0 Å². The number of aromatic nitrogens is 1. The molecule has 0 aliphatic carbocycles. The third-order valence-corrected chi connectivity index (χ3v) is 2.83. The Morgan fingerprint density at radius 1 is 1.33 bits per heavy atom. The summed E-state index contributed by atoms with van der Waals surface area (Å²) in [6, 6.07) is 8.93. The lowest BCUT2D eigenvalue weighted by Gasteiger charge is -2.13. The van der Waals surface area contributed by atoms with Gasteiger partial charge in [-0.05, 0) is 49.7 Å². The van der Waals surface area contributed by atoms with Crippen molar-refractivity contribution in [2.75, 3.05) is 0 Å². The molecule has 1 heterocycles. The molecule has 0 amide bonds. The van der Waals surface area contributed by atoms with E-state index in [1.807, 2.05) is 13.0 Å². The van der Waals surface area contributed by atoms with Gasteiger partial charge in [-0.3, -0.25) is 0 Å². The first-order valence-corrected chi connectivity index (χ1v) is 6.02. The zero-order chi connectivity index (χ0) is 13.1. The quantitative estimate of drug-likeness (QED) is 0.914. The second-order valence-corrected chi connectivity index (χ2v) is 4.52. The minimum absolute atomic E-state index is 0.415. The van der Waals surface area contributed by atoms with Crippen molar-refractivity contribution in [2.24, 2.45) is 0 Å². The minimum atomic E-state index is -0.624. The van der Waals surface area contributed by atoms with Gasteiger partial charge >= 0.3 is 0 Å². The van der Waals surface area contributed by atoms with Crippen molar-refractivity contribution in [1.82, 2.24) is 4.98 Å². The fourth-order valence-electron chi connectivity index (χ4n) is 1.64. The molecule has 0 aliphatic rings. The average Bonchev–Trinajstić information content (AvgIpc) is 2.33. The second-order valence-electron chi connectivity index (χ2n) is 4.09. The van der Waals surface area contributed by atoms with Crippen molar-refractivity contribution < 1.29 is 9.84 Å². The van der Waals surface area contributed by atoms with E-state index in [0.29, 0.717) is 22.2 Å². The maximum atomic E-state index is 9.65. The fraction of sp³-hybridized carbons (Fsp3) is 0.214. The number of nitrogens with zero attached hydrogens (tertiary/aromatic N) is 1. The number of aliphatic hydroxyl groups is 1. The maximum Gasteiger partial charge on any atom is 0.225 e. The molecule has 4 heteroatoms. The SMILES string of the molecule is Cc1cc(Cl)ccc1Oc1ncccc1[C@H](C)O. The van der Waals surface area contributed by atoms with Crippen LogP contribution in [0.25, 0.3) is 0 Å². The van der Waals surface area contributed by atoms with E-state index in [9.17, 15) is 5.11 Å². The Balaban J connectivity index is 2.34. The number of hydrogen-bond donors (Lipinski definition) is 1. The van der Waals surface area contributed by atoms with E-state index in [-0.39, 0.29) is 0 Å². The van der Waals surface area contributed by atoms with Crippen molar-refractivity contribution >= 4 is 11.6 Å². The fourth-order valence-corrected chi connectivity index (χ4v) is 1.86. The molecule has 3 nitrogen and oxygen atoms in total. The van der Waals surface area contributed by atoms with E-state index in [1.54, 1.807) is 37.4 Å². The number of aryl methyl sites for hydroxylation is 1. The topological polar surface area (TPSA) is 42.4 Å². The van der Waals surface area contributed by atoms with Gasteiger partial charge in [0.05, 0.1) is 6.10 Å². The molecule has 2 aromatic rings. The average molecular weight is 264 g/mol. The third-order valence-electron chi connectivity index (χ3n) is 2.59. The molecular formula is C14H14ClNO2. The second kappa shape index (κ2) is 5.38. The normalized spacial score (nSPS) is 12.2. The predicted octanol–water partition coefficient (Wildman–Crippen LogP) is 3.89. The van der Waals surface area contributed by atoms with Gasteiger partial charge in [0, 0.05) is 16.8 Å². The van der Waals surface area contributed by atoms with Gasteiger partial charge in [0.15, 0.2) is 0 Å². The van der Waals surface area contributed by atoms with E-state index < -0.39 is 6.10 Å². The molecule has 0 aliphatic heterocycles. The Morgan fingerprint density at radius 2 is 2.11 bits per heavy atom. The summed E-state index contributed by atoms with van der Waals surface area (Å²) in [5.74, 6) is 1.10. The van der Waals surface area contributed by atoms with E-state index >= 15 is 0 Å². The Kier molecular flexibility index (Phi) is 3.84. The summed E-state index contributed by atoms with van der Waals surface area (Å²) in [6.45, 7) is 3.59. The molecule has 1 N–H and O–H groups in total. The van der Waals surface area contributed by atoms with Crippen molar-refractivity contribution in [1.29, 1.82) is 0 Å². The largest absolute Gasteiger partial charge is 0.438 e. The van der Waals surface area contributed by atoms with Crippen LogP contribution in [0, 0.1) is 6.92 Å². The summed E-state index contributed by atoms with van der Waals surface area (Å²) < 4.78 is 5.73. The molecule has 1 aromatic heterocycles. The van der Waals surface area contributed by atoms with Crippen molar-refractivity contribution in [2.45, 2.75) is 20.0 Å². The lowest BCUT2D eigenvalue weighted by Crippen LogP contribution is -1.98. The number of halogens is 1. The number of pyridine rings is 1. The molecule has 1 atom stereocenters. The molecule has 0 fully saturated rings. The molecule has 0 radical (unpaired) electrons. The molecule has 0 spiro atoms. The first-order valence-electron chi connectivity index (χ1n) is 5.65. The van der Waals surface area contributed by atoms with Gasteiger partial charge in [-0.25, -0.2) is 4.98 Å². The number of hydrogen-bond acceptors (Lipinski definition) is 3. The van der Waals surface area contributed by atoms with E-state index in [0.717, 1.165) is 5.56 Å². The summed E-state index contributed by atoms with van der Waals surface area (Å²) >= 11 is 5.89. The van der Waals surface area contributed by atoms with Crippen LogP contribution in [0.2, 0.25) is 5.02 Å². The molecular weight excluding hydrogens is 250 g/mol. The molecule has 0 saturated heterocycles. The van der Waals surface area contributed by atoms with Crippen LogP contribution in [0.5, 0.6) is 11.6 Å². The summed E-state index contributed by atoms with van der Waals surface area (Å²) in [6.07, 6.45) is 1.01. The summed E-state index contributed by atoms with van der Waals surface area (Å²) in [7, 11) is 0. The lowest BCUT2D eigenvalue weighted by molar-refractivity contribution is 0.194. The van der Waals surface area contributed by atoms with Crippen LogP contribution in [0.3, 0.4) is 0 Å². The number of benzene rings is 1. The molecule has 94 valence electrons. The predicted molar refractivity (Wildman–Crippen MR) is 71.1 cm³/mol. The van der Waals surface area contributed by atoms with Crippen LogP contribution in [0.1, 0.15) is 24.2 Å². The van der Waals surface area contributed by atoms with E-state index in [1.165, 1.54) is 0 Å². The monoisotopic (exact) mass is 263 g/mol. The van der Waals surface area contributed by atoms with Gasteiger partial charge in [-0.15, -0.1) is 0 Å². The maximum absolute atomic E-state index is 9.65. The van der Waals surface area contributed by atoms with E-state index in [4.69, 9.17) is 16.3 Å². The lowest BCUT2D eigenvalue weighted by atomic mass is 10.2. The Labute approximate surface area is 111 Å². The molecule has 1 aromatic carbocycles. The minimum Gasteiger partial charge on any atom is -0.438 e. The van der Waals surface area contributed by atoms with Crippen LogP contribution in [-0.4, -0.2) is 10.1 Å². The highest BCUT2D eigenvalue weighted by molar-refractivity contribution is 6.30. The summed E-state index contributed by atoms with van der Waals surface area (Å²) in [5, 5.41) is 10.3. The van der Waals surface area contributed by atoms with Gasteiger partial charge in [0.1, 0.15) is 5.75 Å². The molecule has 2 rings (SSSR count). The van der Waals surface area contributed by atoms with Crippen molar-refractivity contribution in [3.8, 4) is 11.6 Å². The molecule has 0 unspecified atom stereocenters. The first kappa shape index (κ1) is 12.9. The smallest absolute Gasteiger partial charge is 0.225 e. The van der Waals surface area contributed by atoms with Gasteiger partial charge in [-0.2, -0.15) is 0 Å². The van der Waals surface area contributed by atoms with Gasteiger partial charge in [-0.1, -0.05) is 11.6 Å². The summed E-state index contributed by atoms with van der Waals surface area (Å²) in [4.78, 5) is 4.14. The summed E-state index contributed by atoms with van der Waals surface area (Å²) in [5.41, 5.74) is 1.58. The van der Waals surface area contributed by atoms with Gasteiger partial charge in [0.2, 0.25) is 5.88 Å². The third kappa shape index (κ3) is 2.81. The Bertz CT molecular complexity index is 555. The highest BCUT2D eigenvalue weighted by Gasteiger charge is 2.11. The highest BCUT2D eigenvalue weighted by atomic mass is 35.5. The standard InChI is InChI=1S/C14H14ClNO2/c1-9-8-11(15)5-6-13(9)18-14-12(10(2)17)4-3-7-16-14/h3-8,10,17H,1-2H3/t10-/m0/s1. The van der Waals surface area contributed by atoms with Crippen LogP contribution in [0.15, 0.2) is 36.5 Å². The first-order chi connectivity index (χ1) is 8.58. The zero-order valence-corrected chi connectivity index (χ0v) is 11.0. The molecule has 18 heavy (non-hydrogen) atoms. The van der Waals surface area contributed by atoms with E-state index in [2.05, 4.69) is 4.98 Å². The Hall–Kier alpha value is -1.58. The number of aliphatic hydroxyl groups excluding tert-OH is 1. The van der Waals surface area contributed by atoms with Crippen LogP contribution >= 0.6 is 11.6 Å². The number of rotatable bonds is 3. The number of ether oxygens (including phenoxy) is 1. The Morgan fingerprint density at radius 3 is 2.78 bits per heavy atom. The highest BCUT2D eigenvalue weighted by Crippen LogP contribution is 2.30. The van der Waals surface area contributed by atoms with Crippen molar-refractivity contribution in [3.63, 3.8) is 0 Å². The molecule has 0 saturated carbocycles. The molecule has 0 bridgehead atoms. The van der Waals surface area contributed by atoms with Crippen LogP contribution < -0.4 is 4.74 Å². The zero-order valence-electron chi connectivity index (χ0n) is 10.2. The van der Waals surface area contributed by atoms with Crippen LogP contribution in [0.4, 0.5) is 0 Å². The van der Waals surface area contributed by atoms with Gasteiger partial charge in [0.25, 0.3) is 0 Å². The van der Waals surface area contributed by atoms with Crippen molar-refractivity contribution in [3.05, 3.63) is 52.7 Å². The van der Waals surface area contributed by atoms with Gasteiger partial charge < -0.3 is 9.84 Å².